The normalized spacial score (nSPS) is 19.3. The Balaban J connectivity index is 1.55. The highest BCUT2D eigenvalue weighted by molar-refractivity contribution is 5.93. The summed E-state index contributed by atoms with van der Waals surface area (Å²) in [5.41, 5.74) is 2.52. The Bertz CT molecular complexity index is 876. The average Bonchev–Trinajstić information content (AvgIpc) is 3.31. The van der Waals surface area contributed by atoms with Crippen LogP contribution in [0.3, 0.4) is 0 Å². The van der Waals surface area contributed by atoms with E-state index in [0.717, 1.165) is 30.5 Å². The van der Waals surface area contributed by atoms with Crippen molar-refractivity contribution in [3.05, 3.63) is 59.6 Å². The number of pyridine rings is 1. The molecule has 0 saturated carbocycles. The maximum Gasteiger partial charge on any atom is 0.249 e. The van der Waals surface area contributed by atoms with Crippen LogP contribution in [0.5, 0.6) is 5.88 Å². The molecule has 1 unspecified atom stereocenters. The Morgan fingerprint density at radius 3 is 2.96 bits per heavy atom. The van der Waals surface area contributed by atoms with Gasteiger partial charge in [-0.3, -0.25) is 4.79 Å². The van der Waals surface area contributed by atoms with Crippen molar-refractivity contribution in [2.24, 2.45) is 0 Å². The number of rotatable bonds is 3. The van der Waals surface area contributed by atoms with Crippen LogP contribution < -0.4 is 4.74 Å². The van der Waals surface area contributed by atoms with E-state index in [1.165, 1.54) is 6.20 Å². The molecule has 6 nitrogen and oxygen atoms in total. The van der Waals surface area contributed by atoms with Crippen molar-refractivity contribution in [3.63, 3.8) is 0 Å². The fraction of sp³-hybridized carbons (Fsp3) is 0.350. The molecule has 4 rings (SSSR count). The fourth-order valence-electron chi connectivity index (χ4n) is 3.54. The molecule has 0 saturated heterocycles. The van der Waals surface area contributed by atoms with E-state index in [4.69, 9.17) is 10.00 Å². The minimum absolute atomic E-state index is 0.110. The zero-order valence-corrected chi connectivity index (χ0v) is 14.5. The van der Waals surface area contributed by atoms with E-state index in [0.29, 0.717) is 31.1 Å². The molecular formula is C20H20N4O2. The van der Waals surface area contributed by atoms with E-state index in [2.05, 4.69) is 15.6 Å². The van der Waals surface area contributed by atoms with Crippen LogP contribution >= 0.6 is 0 Å². The largest absolute Gasteiger partial charge is 0.471 e. The predicted octanol–water partition coefficient (Wildman–Crippen LogP) is 2.65. The summed E-state index contributed by atoms with van der Waals surface area (Å²) in [4.78, 5) is 19.0. The van der Waals surface area contributed by atoms with Gasteiger partial charge in [-0.15, -0.1) is 0 Å². The van der Waals surface area contributed by atoms with Gasteiger partial charge in [-0.2, -0.15) is 5.26 Å². The molecule has 1 aliphatic heterocycles. The highest BCUT2D eigenvalue weighted by Gasteiger charge is 2.28. The monoisotopic (exact) mass is 348 g/mol. The van der Waals surface area contributed by atoms with Gasteiger partial charge in [0.05, 0.1) is 25.2 Å². The van der Waals surface area contributed by atoms with Crippen molar-refractivity contribution in [3.8, 4) is 11.9 Å². The first kappa shape index (κ1) is 16.4. The zero-order valence-electron chi connectivity index (χ0n) is 14.5. The summed E-state index contributed by atoms with van der Waals surface area (Å²) in [6, 6.07) is 9.48. The lowest BCUT2D eigenvalue weighted by Gasteiger charge is -2.25. The highest BCUT2D eigenvalue weighted by atomic mass is 16.5. The number of hydrogen-bond acceptors (Lipinski definition) is 4. The summed E-state index contributed by atoms with van der Waals surface area (Å²) in [5.74, 6) is 0.579. The van der Waals surface area contributed by atoms with Crippen molar-refractivity contribution in [1.82, 2.24) is 14.5 Å². The summed E-state index contributed by atoms with van der Waals surface area (Å²) in [5, 5.41) is 8.89. The molecule has 0 fully saturated rings. The number of amides is 1. The summed E-state index contributed by atoms with van der Waals surface area (Å²) in [6.07, 6.45) is 8.28. The third-order valence-electron chi connectivity index (χ3n) is 4.86. The lowest BCUT2D eigenvalue weighted by Crippen LogP contribution is -2.39. The van der Waals surface area contributed by atoms with Gasteiger partial charge in [0.25, 0.3) is 0 Å². The first-order valence-corrected chi connectivity index (χ1v) is 8.88. The SMILES string of the molecule is N#Cc1ccc(OC2CN(C(=O)C3=CCCC3)Cc3cccn3C2)nc1. The van der Waals surface area contributed by atoms with Crippen LogP contribution in [0.25, 0.3) is 0 Å². The second kappa shape index (κ2) is 7.04. The predicted molar refractivity (Wildman–Crippen MR) is 95.2 cm³/mol. The number of carbonyl (C=O) groups is 1. The van der Waals surface area contributed by atoms with Gasteiger partial charge in [0.1, 0.15) is 12.2 Å². The van der Waals surface area contributed by atoms with Gasteiger partial charge in [0.2, 0.25) is 11.8 Å². The van der Waals surface area contributed by atoms with Crippen LogP contribution in [0.2, 0.25) is 0 Å². The standard InChI is InChI=1S/C20H20N4O2/c21-10-15-7-8-19(22-11-15)26-18-13-23-9-3-6-17(23)12-24(14-18)20(25)16-4-1-2-5-16/h3-4,6-9,11,18H,1-2,5,12-14H2. The van der Waals surface area contributed by atoms with Crippen LogP contribution in [-0.2, 0) is 17.9 Å². The number of carbonyl (C=O) groups excluding carboxylic acids is 1. The number of allylic oxidation sites excluding steroid dienone is 1. The lowest BCUT2D eigenvalue weighted by atomic mass is 10.2. The molecule has 2 aliphatic rings. The Kier molecular flexibility index (Phi) is 4.44. The molecule has 0 radical (unpaired) electrons. The Labute approximate surface area is 152 Å². The molecule has 0 aromatic carbocycles. The molecule has 3 heterocycles. The fourth-order valence-corrected chi connectivity index (χ4v) is 3.54. The van der Waals surface area contributed by atoms with Crippen molar-refractivity contribution in [2.75, 3.05) is 6.54 Å². The van der Waals surface area contributed by atoms with Gasteiger partial charge in [-0.1, -0.05) is 6.08 Å². The summed E-state index contributed by atoms with van der Waals surface area (Å²) in [7, 11) is 0. The van der Waals surface area contributed by atoms with Gasteiger partial charge in [-0.25, -0.2) is 4.98 Å². The first-order chi connectivity index (χ1) is 12.7. The van der Waals surface area contributed by atoms with Crippen molar-refractivity contribution in [2.45, 2.75) is 38.5 Å². The molecule has 2 aromatic heterocycles. The molecule has 132 valence electrons. The van der Waals surface area contributed by atoms with E-state index in [1.807, 2.05) is 29.3 Å². The quantitative estimate of drug-likeness (QED) is 0.855. The van der Waals surface area contributed by atoms with Crippen LogP contribution in [-0.4, -0.2) is 33.0 Å². The number of nitrogens with zero attached hydrogens (tertiary/aromatic N) is 4. The van der Waals surface area contributed by atoms with Gasteiger partial charge < -0.3 is 14.2 Å². The molecule has 0 bridgehead atoms. The van der Waals surface area contributed by atoms with Gasteiger partial charge in [-0.05, 0) is 37.5 Å². The van der Waals surface area contributed by atoms with Gasteiger partial charge >= 0.3 is 0 Å². The Morgan fingerprint density at radius 1 is 1.31 bits per heavy atom. The van der Waals surface area contributed by atoms with Crippen molar-refractivity contribution >= 4 is 5.91 Å². The van der Waals surface area contributed by atoms with E-state index in [9.17, 15) is 4.79 Å². The number of fused-ring (bicyclic) bond motifs is 1. The summed E-state index contributed by atoms with van der Waals surface area (Å²) >= 11 is 0. The number of hydrogen-bond donors (Lipinski definition) is 0. The molecule has 1 atom stereocenters. The zero-order chi connectivity index (χ0) is 17.9. The maximum atomic E-state index is 12.9. The average molecular weight is 348 g/mol. The number of ether oxygens (including phenoxy) is 1. The Hall–Kier alpha value is -3.07. The molecule has 1 aliphatic carbocycles. The lowest BCUT2D eigenvalue weighted by molar-refractivity contribution is -0.128. The first-order valence-electron chi connectivity index (χ1n) is 8.88. The van der Waals surface area contributed by atoms with Crippen LogP contribution in [0.1, 0.15) is 30.5 Å². The second-order valence-corrected chi connectivity index (χ2v) is 6.70. The van der Waals surface area contributed by atoms with E-state index >= 15 is 0 Å². The molecule has 0 spiro atoms. The minimum atomic E-state index is -0.199. The number of aromatic nitrogens is 2. The molecule has 26 heavy (non-hydrogen) atoms. The van der Waals surface area contributed by atoms with Crippen molar-refractivity contribution in [1.29, 1.82) is 5.26 Å². The summed E-state index contributed by atoms with van der Waals surface area (Å²) in [6.45, 7) is 1.76. The molecule has 1 amide bonds. The third-order valence-corrected chi connectivity index (χ3v) is 4.86. The molecule has 6 heteroatoms. The maximum absolute atomic E-state index is 12.9. The van der Waals surface area contributed by atoms with Crippen LogP contribution in [0.4, 0.5) is 0 Å². The molecule has 2 aromatic rings. The molecule has 0 N–H and O–H groups in total. The number of nitriles is 1. The topological polar surface area (TPSA) is 71.2 Å². The van der Waals surface area contributed by atoms with Crippen LogP contribution in [0, 0.1) is 11.3 Å². The molecular weight excluding hydrogens is 328 g/mol. The van der Waals surface area contributed by atoms with Crippen molar-refractivity contribution < 1.29 is 9.53 Å². The third kappa shape index (κ3) is 3.33. The van der Waals surface area contributed by atoms with Gasteiger partial charge in [0.15, 0.2) is 0 Å². The van der Waals surface area contributed by atoms with Gasteiger partial charge in [0, 0.05) is 29.7 Å². The van der Waals surface area contributed by atoms with E-state index in [1.54, 1.807) is 12.1 Å². The second-order valence-electron chi connectivity index (χ2n) is 6.70. The van der Waals surface area contributed by atoms with Crippen LogP contribution in [0.15, 0.2) is 48.3 Å². The summed E-state index contributed by atoms with van der Waals surface area (Å²) < 4.78 is 8.18. The highest BCUT2D eigenvalue weighted by Crippen LogP contribution is 2.23. The van der Waals surface area contributed by atoms with E-state index < -0.39 is 0 Å². The smallest absolute Gasteiger partial charge is 0.249 e. The minimum Gasteiger partial charge on any atom is -0.471 e. The van der Waals surface area contributed by atoms with E-state index in [-0.39, 0.29) is 12.0 Å². The Morgan fingerprint density at radius 2 is 2.23 bits per heavy atom.